The molecule has 0 N–H and O–H groups in total. The number of rotatable bonds is 5. The Balaban J connectivity index is 1.39. The van der Waals surface area contributed by atoms with Gasteiger partial charge >= 0.3 is 0 Å². The van der Waals surface area contributed by atoms with Crippen molar-refractivity contribution in [3.63, 3.8) is 0 Å². The lowest BCUT2D eigenvalue weighted by Gasteiger charge is -2.24. The van der Waals surface area contributed by atoms with Crippen molar-refractivity contribution in [1.82, 2.24) is 14.5 Å². The first-order valence-corrected chi connectivity index (χ1v) is 17.0. The first-order chi connectivity index (χ1) is 25.1. The van der Waals surface area contributed by atoms with Crippen molar-refractivity contribution in [2.45, 2.75) is 46.4 Å². The van der Waals surface area contributed by atoms with Crippen LogP contribution in [0.1, 0.15) is 60.5 Å². The molecule has 4 heteroatoms. The molecule has 6 aromatic carbocycles. The lowest BCUT2D eigenvalue weighted by atomic mass is 9.88. The molecule has 3 aromatic heterocycles. The Labute approximate surface area is 289 Å². The van der Waals surface area contributed by atoms with Gasteiger partial charge in [-0.1, -0.05) is 100 Å². The van der Waals surface area contributed by atoms with E-state index in [0.29, 0.717) is 22.1 Å². The van der Waals surface area contributed by atoms with Crippen LogP contribution in [0.3, 0.4) is 0 Å². The maximum atomic E-state index is 8.47. The molecule has 49 heavy (non-hydrogen) atoms. The molecule has 0 spiro atoms. The van der Waals surface area contributed by atoms with E-state index in [9.17, 15) is 0 Å². The van der Waals surface area contributed by atoms with Gasteiger partial charge in [-0.2, -0.15) is 0 Å². The average Bonchev–Trinajstić information content (AvgIpc) is 3.72. The molecule has 0 atom stereocenters. The monoisotopic (exact) mass is 638 g/mol. The molecule has 0 bridgehead atoms. The largest absolute Gasteiger partial charge is 0.453 e. The molecule has 4 nitrogen and oxygen atoms in total. The van der Waals surface area contributed by atoms with Crippen LogP contribution in [0.5, 0.6) is 0 Å². The first-order valence-electron chi connectivity index (χ1n) is 18.5. The Morgan fingerprint density at radius 1 is 0.612 bits per heavy atom. The molecule has 0 aliphatic rings. The van der Waals surface area contributed by atoms with Gasteiger partial charge in [0.05, 0.1) is 22.3 Å². The van der Waals surface area contributed by atoms with Crippen LogP contribution in [-0.2, 0) is 0 Å². The van der Waals surface area contributed by atoms with Crippen LogP contribution in [0.15, 0.2) is 126 Å². The summed E-state index contributed by atoms with van der Waals surface area (Å²) in [6.45, 7) is 6.58. The molecular formula is C45H37N3O. The number of aryl methyl sites for hydroxylation is 1. The molecule has 0 amide bonds. The highest BCUT2D eigenvalue weighted by Crippen LogP contribution is 2.43. The number of fused-ring (bicyclic) bond motifs is 7. The summed E-state index contributed by atoms with van der Waals surface area (Å²) < 4.78 is 34.6. The second-order valence-corrected chi connectivity index (χ2v) is 13.6. The van der Waals surface area contributed by atoms with Crippen molar-refractivity contribution < 1.29 is 8.53 Å². The average molecular weight is 639 g/mol. The van der Waals surface area contributed by atoms with Crippen LogP contribution in [0.25, 0.3) is 82.8 Å². The van der Waals surface area contributed by atoms with E-state index in [1.165, 1.54) is 22.3 Å². The number of benzene rings is 6. The quantitative estimate of drug-likeness (QED) is 0.176. The molecule has 0 aliphatic heterocycles. The molecule has 9 aromatic rings. The van der Waals surface area contributed by atoms with Gasteiger partial charge in [-0.05, 0) is 100 Å². The van der Waals surface area contributed by atoms with Gasteiger partial charge in [0.15, 0.2) is 5.58 Å². The number of nitrogens with zero attached hydrogens (tertiary/aromatic N) is 3. The Bertz CT molecular complexity index is 2820. The van der Waals surface area contributed by atoms with Crippen molar-refractivity contribution in [3.8, 4) is 28.2 Å². The minimum Gasteiger partial charge on any atom is -0.453 e. The minimum atomic E-state index is -2.42. The standard InChI is InChI=1S/C45H37N3O/c1-26(2)35-24-32(29-14-7-6-8-15-29)25-36(27(3)4)42(35)48-40-21-12-11-20-39(40)47-45(48)34-19-13-18-33-41-44(49-43(33)34)38-23-31-17-10-9-16-30(31)22-37(38)28(5)46-41/h6-27H,1-5H3/i5D3. The van der Waals surface area contributed by atoms with E-state index in [-0.39, 0.29) is 17.5 Å². The predicted molar refractivity (Wildman–Crippen MR) is 205 cm³/mol. The smallest absolute Gasteiger partial charge is 0.161 e. The molecule has 3 heterocycles. The predicted octanol–water partition coefficient (Wildman–Crippen LogP) is 12.5. The summed E-state index contributed by atoms with van der Waals surface area (Å²) in [5, 5.41) is 4.00. The lowest BCUT2D eigenvalue weighted by molar-refractivity contribution is 0.672. The lowest BCUT2D eigenvalue weighted by Crippen LogP contribution is -2.09. The van der Waals surface area contributed by atoms with Crippen molar-refractivity contribution in [3.05, 3.63) is 138 Å². The fourth-order valence-corrected chi connectivity index (χ4v) is 7.42. The topological polar surface area (TPSA) is 43.9 Å². The van der Waals surface area contributed by atoms with Gasteiger partial charge in [-0.15, -0.1) is 0 Å². The van der Waals surface area contributed by atoms with Gasteiger partial charge in [0.1, 0.15) is 16.9 Å². The third kappa shape index (κ3) is 4.58. The normalized spacial score (nSPS) is 13.3. The van der Waals surface area contributed by atoms with Crippen LogP contribution in [0, 0.1) is 6.85 Å². The van der Waals surface area contributed by atoms with E-state index in [1.54, 1.807) is 0 Å². The van der Waals surface area contributed by atoms with Crippen LogP contribution >= 0.6 is 0 Å². The number of aromatic nitrogens is 3. The highest BCUT2D eigenvalue weighted by Gasteiger charge is 2.26. The summed E-state index contributed by atoms with van der Waals surface area (Å²) in [5.74, 6) is 1.19. The summed E-state index contributed by atoms with van der Waals surface area (Å²) in [6, 6.07) is 41.4. The van der Waals surface area contributed by atoms with Crippen LogP contribution in [0.2, 0.25) is 0 Å². The van der Waals surface area contributed by atoms with Gasteiger partial charge in [-0.25, -0.2) is 9.97 Å². The van der Waals surface area contributed by atoms with Crippen molar-refractivity contribution in [1.29, 1.82) is 0 Å². The zero-order chi connectivity index (χ0) is 35.9. The first kappa shape index (κ1) is 26.2. The Morgan fingerprint density at radius 3 is 2.00 bits per heavy atom. The molecule has 0 unspecified atom stereocenters. The molecule has 0 saturated carbocycles. The zero-order valence-electron chi connectivity index (χ0n) is 31.0. The second kappa shape index (κ2) is 11.2. The van der Waals surface area contributed by atoms with Gasteiger partial charge in [0.25, 0.3) is 0 Å². The highest BCUT2D eigenvalue weighted by atomic mass is 16.3. The summed E-state index contributed by atoms with van der Waals surface area (Å²) >= 11 is 0. The zero-order valence-corrected chi connectivity index (χ0v) is 28.0. The van der Waals surface area contributed by atoms with Gasteiger partial charge in [0.2, 0.25) is 0 Å². The molecule has 0 aliphatic carbocycles. The Morgan fingerprint density at radius 2 is 1.29 bits per heavy atom. The van der Waals surface area contributed by atoms with Crippen molar-refractivity contribution in [2.75, 3.05) is 0 Å². The van der Waals surface area contributed by atoms with Crippen LogP contribution in [-0.4, -0.2) is 14.5 Å². The molecule has 0 saturated heterocycles. The van der Waals surface area contributed by atoms with Crippen LogP contribution in [0.4, 0.5) is 0 Å². The maximum absolute atomic E-state index is 8.47. The number of hydrogen-bond donors (Lipinski definition) is 0. The Kier molecular flexibility index (Phi) is 5.98. The fraction of sp³-hybridized carbons (Fsp3) is 0.156. The molecule has 9 rings (SSSR count). The second-order valence-electron chi connectivity index (χ2n) is 13.6. The number of hydrogen-bond acceptors (Lipinski definition) is 3. The van der Waals surface area contributed by atoms with E-state index in [2.05, 4.69) is 92.9 Å². The van der Waals surface area contributed by atoms with E-state index in [1.807, 2.05) is 60.7 Å². The maximum Gasteiger partial charge on any atom is 0.161 e. The van der Waals surface area contributed by atoms with Crippen molar-refractivity contribution >= 4 is 54.6 Å². The summed E-state index contributed by atoms with van der Waals surface area (Å²) in [4.78, 5) is 10.2. The van der Waals surface area contributed by atoms with Gasteiger partial charge in [0, 0.05) is 26.0 Å². The summed E-state index contributed by atoms with van der Waals surface area (Å²) in [6.07, 6.45) is 0. The van der Waals surface area contributed by atoms with Crippen LogP contribution < -0.4 is 0 Å². The minimum absolute atomic E-state index is 0.0720. The van der Waals surface area contributed by atoms with E-state index in [4.69, 9.17) is 18.5 Å². The van der Waals surface area contributed by atoms with Gasteiger partial charge in [-0.3, -0.25) is 4.57 Å². The number of para-hydroxylation sites is 3. The number of pyridine rings is 1. The SMILES string of the molecule is [2H]C([2H])([2H])c1nc2c3cccc(-c4nc5ccccc5n4-c4c(C(C)C)cc(-c5ccccc5)cc4C(C)C)c3oc2c2cc3ccccc3cc12. The third-order valence-electron chi connectivity index (χ3n) is 9.84. The number of furan rings is 1. The Hall–Kier alpha value is -5.74. The summed E-state index contributed by atoms with van der Waals surface area (Å²) in [5.41, 5.74) is 10.4. The highest BCUT2D eigenvalue weighted by molar-refractivity contribution is 6.17. The van der Waals surface area contributed by atoms with E-state index < -0.39 is 6.85 Å². The molecular weight excluding hydrogens is 599 g/mol. The van der Waals surface area contributed by atoms with E-state index in [0.717, 1.165) is 49.7 Å². The molecule has 238 valence electrons. The third-order valence-corrected chi connectivity index (χ3v) is 9.84. The van der Waals surface area contributed by atoms with E-state index >= 15 is 0 Å². The fourth-order valence-electron chi connectivity index (χ4n) is 7.42. The number of imidazole rings is 1. The van der Waals surface area contributed by atoms with Crippen molar-refractivity contribution in [2.24, 2.45) is 0 Å². The molecule has 0 fully saturated rings. The summed E-state index contributed by atoms with van der Waals surface area (Å²) in [7, 11) is 0. The molecule has 0 radical (unpaired) electrons. The van der Waals surface area contributed by atoms with Gasteiger partial charge < -0.3 is 4.42 Å².